The van der Waals surface area contributed by atoms with Crippen molar-refractivity contribution in [2.75, 3.05) is 13.6 Å². The minimum Gasteiger partial charge on any atom is -0.391 e. The van der Waals surface area contributed by atoms with Crippen molar-refractivity contribution in [1.82, 2.24) is 15.2 Å². The fraction of sp³-hybridized carbons (Fsp3) is 0.458. The average Bonchev–Trinajstić information content (AvgIpc) is 2.92. The number of aliphatic hydroxyl groups is 1. The number of hydrogen-bond donors (Lipinski definition) is 2. The number of aryl methyl sites for hydroxylation is 1. The second-order valence-electron chi connectivity index (χ2n) is 8.35. The number of likely N-dealkylation sites (N-methyl/N-ethyl adjacent to an activating group) is 1. The molecule has 3 atom stereocenters. The fourth-order valence-corrected chi connectivity index (χ4v) is 4.49. The van der Waals surface area contributed by atoms with Gasteiger partial charge in [0.15, 0.2) is 0 Å². The highest BCUT2D eigenvalue weighted by Gasteiger charge is 2.40. The van der Waals surface area contributed by atoms with Crippen LogP contribution in [0.4, 0.5) is 0 Å². The highest BCUT2D eigenvalue weighted by atomic mass is 16.3. The summed E-state index contributed by atoms with van der Waals surface area (Å²) in [7, 11) is 1.74. The standard InChI is InChI=1S/C24H31N3O3/c1-17-8-7-15-25-22(17)23(30)27(3)20-11-13-24(14-12-21(20)29,16-26-18(2)28)19-9-5-4-6-10-19/h4-10,15,20-21,29H,11-14,16H2,1-3H3,(H,26,28)/t20-,21-,24+/m0/s1. The van der Waals surface area contributed by atoms with Crippen molar-refractivity contribution in [1.29, 1.82) is 0 Å². The molecule has 0 spiro atoms. The van der Waals surface area contributed by atoms with Crippen LogP contribution in [0.15, 0.2) is 48.7 Å². The quantitative estimate of drug-likeness (QED) is 0.744. The molecule has 30 heavy (non-hydrogen) atoms. The first-order chi connectivity index (χ1) is 14.3. The van der Waals surface area contributed by atoms with E-state index in [9.17, 15) is 14.7 Å². The van der Waals surface area contributed by atoms with Gasteiger partial charge in [0.25, 0.3) is 5.91 Å². The molecule has 0 bridgehead atoms. The zero-order valence-corrected chi connectivity index (χ0v) is 18.0. The molecule has 1 aromatic carbocycles. The lowest BCUT2D eigenvalue weighted by Crippen LogP contribution is -2.44. The first kappa shape index (κ1) is 22.0. The molecular weight excluding hydrogens is 378 g/mol. The van der Waals surface area contributed by atoms with E-state index < -0.39 is 6.10 Å². The first-order valence-corrected chi connectivity index (χ1v) is 10.5. The number of carbonyl (C=O) groups is 2. The lowest BCUT2D eigenvalue weighted by molar-refractivity contribution is -0.119. The molecule has 3 rings (SSSR count). The number of carbonyl (C=O) groups excluding carboxylic acids is 2. The molecule has 6 nitrogen and oxygen atoms in total. The monoisotopic (exact) mass is 409 g/mol. The van der Waals surface area contributed by atoms with E-state index in [1.54, 1.807) is 18.1 Å². The summed E-state index contributed by atoms with van der Waals surface area (Å²) in [5.74, 6) is -0.240. The normalized spacial score (nSPS) is 24.0. The van der Waals surface area contributed by atoms with E-state index in [4.69, 9.17) is 0 Å². The van der Waals surface area contributed by atoms with Crippen molar-refractivity contribution >= 4 is 11.8 Å². The maximum Gasteiger partial charge on any atom is 0.272 e. The Labute approximate surface area is 178 Å². The summed E-state index contributed by atoms with van der Waals surface area (Å²) in [5.41, 5.74) is 2.12. The smallest absolute Gasteiger partial charge is 0.272 e. The summed E-state index contributed by atoms with van der Waals surface area (Å²) in [6.07, 6.45) is 3.68. The van der Waals surface area contributed by atoms with Crippen LogP contribution in [0.3, 0.4) is 0 Å². The molecule has 160 valence electrons. The van der Waals surface area contributed by atoms with Crippen LogP contribution in [0.5, 0.6) is 0 Å². The van der Waals surface area contributed by atoms with Gasteiger partial charge in [-0.2, -0.15) is 0 Å². The van der Waals surface area contributed by atoms with Gasteiger partial charge in [0.1, 0.15) is 5.69 Å². The van der Waals surface area contributed by atoms with Gasteiger partial charge in [-0.25, -0.2) is 0 Å². The number of aliphatic hydroxyl groups excluding tert-OH is 1. The van der Waals surface area contributed by atoms with Crippen LogP contribution in [0.1, 0.15) is 54.2 Å². The molecule has 1 aliphatic rings. The molecule has 0 saturated heterocycles. The third-order valence-corrected chi connectivity index (χ3v) is 6.37. The molecule has 2 N–H and O–H groups in total. The van der Waals surface area contributed by atoms with Crippen LogP contribution in [0.25, 0.3) is 0 Å². The number of amides is 2. The van der Waals surface area contributed by atoms with Gasteiger partial charge in [0, 0.05) is 32.1 Å². The average molecular weight is 410 g/mol. The van der Waals surface area contributed by atoms with Crippen LogP contribution in [0, 0.1) is 6.92 Å². The molecule has 0 aliphatic heterocycles. The van der Waals surface area contributed by atoms with Crippen molar-refractivity contribution in [3.05, 3.63) is 65.5 Å². The van der Waals surface area contributed by atoms with E-state index in [1.807, 2.05) is 37.3 Å². The van der Waals surface area contributed by atoms with Crippen LogP contribution in [-0.2, 0) is 10.2 Å². The Kier molecular flexibility index (Phi) is 6.87. The van der Waals surface area contributed by atoms with Crippen LogP contribution < -0.4 is 5.32 Å². The molecule has 1 aromatic heterocycles. The van der Waals surface area contributed by atoms with Gasteiger partial charge >= 0.3 is 0 Å². The number of pyridine rings is 1. The van der Waals surface area contributed by atoms with E-state index in [-0.39, 0.29) is 23.3 Å². The second-order valence-corrected chi connectivity index (χ2v) is 8.35. The Bertz CT molecular complexity index is 886. The zero-order chi connectivity index (χ0) is 21.7. The first-order valence-electron chi connectivity index (χ1n) is 10.5. The van der Waals surface area contributed by atoms with Crippen LogP contribution in [0.2, 0.25) is 0 Å². The van der Waals surface area contributed by atoms with Crippen molar-refractivity contribution in [2.45, 2.75) is 57.1 Å². The number of nitrogens with one attached hydrogen (secondary N) is 1. The lowest BCUT2D eigenvalue weighted by Gasteiger charge is -2.34. The molecular formula is C24H31N3O3. The van der Waals surface area contributed by atoms with E-state index in [1.165, 1.54) is 6.92 Å². The minimum atomic E-state index is -0.633. The Morgan fingerprint density at radius 3 is 2.53 bits per heavy atom. The molecule has 1 aliphatic carbocycles. The van der Waals surface area contributed by atoms with Gasteiger partial charge in [0.05, 0.1) is 12.1 Å². The van der Waals surface area contributed by atoms with Crippen molar-refractivity contribution in [3.8, 4) is 0 Å². The number of aromatic nitrogens is 1. The minimum absolute atomic E-state index is 0.0652. The van der Waals surface area contributed by atoms with Gasteiger partial charge < -0.3 is 15.3 Å². The predicted octanol–water partition coefficient (Wildman–Crippen LogP) is 2.84. The van der Waals surface area contributed by atoms with E-state index >= 15 is 0 Å². The summed E-state index contributed by atoms with van der Waals surface area (Å²) in [6, 6.07) is 13.5. The molecule has 1 heterocycles. The third kappa shape index (κ3) is 4.70. The molecule has 2 aromatic rings. The Hall–Kier alpha value is -2.73. The summed E-state index contributed by atoms with van der Waals surface area (Å²) in [6.45, 7) is 3.91. The largest absolute Gasteiger partial charge is 0.391 e. The number of benzene rings is 1. The molecule has 2 amide bonds. The molecule has 1 fully saturated rings. The van der Waals surface area contributed by atoms with Gasteiger partial charge in [0.2, 0.25) is 5.91 Å². The van der Waals surface area contributed by atoms with Gasteiger partial charge in [-0.1, -0.05) is 36.4 Å². The maximum atomic E-state index is 13.1. The Morgan fingerprint density at radius 2 is 1.87 bits per heavy atom. The molecule has 0 radical (unpaired) electrons. The van der Waals surface area contributed by atoms with Gasteiger partial charge in [-0.05, 0) is 49.8 Å². The van der Waals surface area contributed by atoms with E-state index in [0.717, 1.165) is 24.0 Å². The van der Waals surface area contributed by atoms with E-state index in [2.05, 4.69) is 22.4 Å². The topological polar surface area (TPSA) is 82.5 Å². The highest BCUT2D eigenvalue weighted by molar-refractivity contribution is 5.93. The fourth-order valence-electron chi connectivity index (χ4n) is 4.49. The number of nitrogens with zero attached hydrogens (tertiary/aromatic N) is 2. The van der Waals surface area contributed by atoms with Crippen LogP contribution in [-0.4, -0.2) is 52.5 Å². The molecule has 6 heteroatoms. The predicted molar refractivity (Wildman–Crippen MR) is 116 cm³/mol. The number of hydrogen-bond acceptors (Lipinski definition) is 4. The second kappa shape index (κ2) is 9.39. The van der Waals surface area contributed by atoms with Crippen molar-refractivity contribution in [3.63, 3.8) is 0 Å². The van der Waals surface area contributed by atoms with Gasteiger partial charge in [-0.3, -0.25) is 14.6 Å². The van der Waals surface area contributed by atoms with Crippen molar-refractivity contribution in [2.24, 2.45) is 0 Å². The SMILES string of the molecule is CC(=O)NC[C@]1(c2ccccc2)CC[C@H](O)[C@@H](N(C)C(=O)c2ncccc2C)CC1. The molecule has 1 saturated carbocycles. The summed E-state index contributed by atoms with van der Waals surface area (Å²) in [4.78, 5) is 30.6. The third-order valence-electron chi connectivity index (χ3n) is 6.37. The highest BCUT2D eigenvalue weighted by Crippen LogP contribution is 2.39. The maximum absolute atomic E-state index is 13.1. The summed E-state index contributed by atoms with van der Waals surface area (Å²) in [5, 5.41) is 13.9. The van der Waals surface area contributed by atoms with Crippen molar-refractivity contribution < 1.29 is 14.7 Å². The van der Waals surface area contributed by atoms with Gasteiger partial charge in [-0.15, -0.1) is 0 Å². The van der Waals surface area contributed by atoms with E-state index in [0.29, 0.717) is 25.1 Å². The summed E-state index contributed by atoms with van der Waals surface area (Å²) < 4.78 is 0. The Balaban J connectivity index is 1.84. The number of rotatable bonds is 5. The lowest BCUT2D eigenvalue weighted by atomic mass is 9.74. The zero-order valence-electron chi connectivity index (χ0n) is 18.0. The van der Waals surface area contributed by atoms with Crippen LogP contribution >= 0.6 is 0 Å². The molecule has 0 unspecified atom stereocenters. The summed E-state index contributed by atoms with van der Waals surface area (Å²) >= 11 is 0. The Morgan fingerprint density at radius 1 is 1.17 bits per heavy atom.